The van der Waals surface area contributed by atoms with Crippen molar-refractivity contribution in [3.8, 4) is 0 Å². The highest BCUT2D eigenvalue weighted by molar-refractivity contribution is 7.91. The maximum absolute atomic E-state index is 13.7. The van der Waals surface area contributed by atoms with E-state index in [4.69, 9.17) is 16.0 Å². The van der Waals surface area contributed by atoms with Crippen molar-refractivity contribution in [3.05, 3.63) is 82.4 Å². The number of H-pyrrole nitrogens is 1. The lowest BCUT2D eigenvalue weighted by atomic mass is 10.2. The molecule has 0 spiro atoms. The normalized spacial score (nSPS) is 11.5. The molecule has 0 radical (unpaired) electrons. The Balaban J connectivity index is 1.67. The monoisotopic (exact) mass is 499 g/mol. The molecule has 2 heterocycles. The van der Waals surface area contributed by atoms with E-state index in [1.54, 1.807) is 50.2 Å². The van der Waals surface area contributed by atoms with Gasteiger partial charge in [0, 0.05) is 15.9 Å². The fraction of sp³-hybridized carbons (Fsp3) is 0.167. The summed E-state index contributed by atoms with van der Waals surface area (Å²) in [6.45, 7) is 3.41. The zero-order valence-electron chi connectivity index (χ0n) is 18.4. The fourth-order valence-electron chi connectivity index (χ4n) is 3.69. The van der Waals surface area contributed by atoms with Crippen LogP contribution in [-0.4, -0.2) is 31.8 Å². The molecule has 0 fully saturated rings. The largest absolute Gasteiger partial charge is 0.467 e. The van der Waals surface area contributed by atoms with Crippen molar-refractivity contribution < 1.29 is 22.4 Å². The van der Waals surface area contributed by atoms with Crippen LogP contribution in [0, 0.1) is 13.8 Å². The van der Waals surface area contributed by atoms with E-state index in [2.05, 4.69) is 15.6 Å². The number of rotatable bonds is 7. The molecule has 2 amide bonds. The number of hydrogen-bond acceptors (Lipinski definition) is 5. The Morgan fingerprint density at radius 1 is 1.03 bits per heavy atom. The molecule has 34 heavy (non-hydrogen) atoms. The predicted octanol–water partition coefficient (Wildman–Crippen LogP) is 3.91. The van der Waals surface area contributed by atoms with Crippen LogP contribution in [0.1, 0.15) is 27.4 Å². The summed E-state index contributed by atoms with van der Waals surface area (Å²) in [6, 6.07) is 13.1. The molecule has 0 atom stereocenters. The maximum atomic E-state index is 13.7. The molecule has 0 saturated carbocycles. The van der Waals surface area contributed by atoms with Crippen LogP contribution in [0.4, 0.5) is 0 Å². The van der Waals surface area contributed by atoms with Crippen molar-refractivity contribution in [2.24, 2.45) is 0 Å². The zero-order chi connectivity index (χ0) is 24.5. The van der Waals surface area contributed by atoms with Crippen LogP contribution in [-0.2, 0) is 21.2 Å². The second-order valence-electron chi connectivity index (χ2n) is 7.88. The van der Waals surface area contributed by atoms with E-state index in [-0.39, 0.29) is 28.6 Å². The summed E-state index contributed by atoms with van der Waals surface area (Å²) in [6.07, 6.45) is 1.49. The number of aryl methyl sites for hydroxylation is 2. The molecule has 0 bridgehead atoms. The number of sulfone groups is 1. The highest BCUT2D eigenvalue weighted by Gasteiger charge is 2.30. The third-order valence-corrected chi connectivity index (χ3v) is 7.22. The number of carbonyl (C=O) groups is 2. The van der Waals surface area contributed by atoms with Crippen LogP contribution in [0.15, 0.2) is 69.0 Å². The Bertz CT molecular complexity index is 1470. The molecular formula is C24H22ClN3O5S. The molecule has 0 aliphatic carbocycles. The number of carbonyl (C=O) groups excluding carboxylic acids is 2. The SMILES string of the molecule is Cc1cc(C)cc(S(=O)(=O)c2c(C(=O)NCC(=O)NCc3ccco3)[nH]c3ccc(Cl)cc23)c1. The van der Waals surface area contributed by atoms with E-state index in [9.17, 15) is 18.0 Å². The van der Waals surface area contributed by atoms with Gasteiger partial charge in [-0.15, -0.1) is 0 Å². The lowest BCUT2D eigenvalue weighted by Crippen LogP contribution is -2.37. The number of fused-ring (bicyclic) bond motifs is 1. The Morgan fingerprint density at radius 2 is 1.76 bits per heavy atom. The van der Waals surface area contributed by atoms with E-state index in [1.807, 2.05) is 6.07 Å². The van der Waals surface area contributed by atoms with E-state index in [0.717, 1.165) is 11.1 Å². The smallest absolute Gasteiger partial charge is 0.269 e. The lowest BCUT2D eigenvalue weighted by molar-refractivity contribution is -0.120. The molecular weight excluding hydrogens is 478 g/mol. The molecule has 4 aromatic rings. The van der Waals surface area contributed by atoms with E-state index < -0.39 is 21.7 Å². The number of nitrogens with one attached hydrogen (secondary N) is 3. The van der Waals surface area contributed by atoms with Crippen LogP contribution in [0.3, 0.4) is 0 Å². The van der Waals surface area contributed by atoms with Crippen LogP contribution >= 0.6 is 11.6 Å². The zero-order valence-corrected chi connectivity index (χ0v) is 20.0. The summed E-state index contributed by atoms with van der Waals surface area (Å²) < 4.78 is 32.5. The maximum Gasteiger partial charge on any atom is 0.269 e. The Morgan fingerprint density at radius 3 is 2.44 bits per heavy atom. The molecule has 2 aromatic heterocycles. The van der Waals surface area contributed by atoms with Gasteiger partial charge in [0.1, 0.15) is 16.3 Å². The summed E-state index contributed by atoms with van der Waals surface area (Å²) in [7, 11) is -4.10. The molecule has 8 nitrogen and oxygen atoms in total. The van der Waals surface area contributed by atoms with Gasteiger partial charge in [-0.05, 0) is 67.4 Å². The Hall–Kier alpha value is -3.56. The summed E-state index contributed by atoms with van der Waals surface area (Å²) >= 11 is 6.14. The summed E-state index contributed by atoms with van der Waals surface area (Å²) in [5, 5.41) is 5.71. The number of halogens is 1. The van der Waals surface area contributed by atoms with E-state index in [0.29, 0.717) is 21.7 Å². The Labute approximate surface area is 201 Å². The highest BCUT2D eigenvalue weighted by Crippen LogP contribution is 2.34. The van der Waals surface area contributed by atoms with Gasteiger partial charge in [0.15, 0.2) is 0 Å². The Kier molecular flexibility index (Phi) is 6.49. The van der Waals surface area contributed by atoms with Crippen molar-refractivity contribution in [1.82, 2.24) is 15.6 Å². The molecule has 0 aliphatic rings. The van der Waals surface area contributed by atoms with Gasteiger partial charge in [0.25, 0.3) is 5.91 Å². The molecule has 0 aliphatic heterocycles. The first-order valence-electron chi connectivity index (χ1n) is 10.4. The van der Waals surface area contributed by atoms with Crippen molar-refractivity contribution in [2.75, 3.05) is 6.54 Å². The fourth-order valence-corrected chi connectivity index (χ4v) is 5.66. The minimum absolute atomic E-state index is 0.0658. The third-order valence-electron chi connectivity index (χ3n) is 5.16. The number of benzene rings is 2. The quantitative estimate of drug-likeness (QED) is 0.356. The standard InChI is InChI=1S/C24H22ClN3O5S/c1-14-8-15(2)10-18(9-14)34(31,32)23-19-11-16(25)5-6-20(19)28-22(23)24(30)27-13-21(29)26-12-17-4-3-7-33-17/h3-11,28H,12-13H2,1-2H3,(H,26,29)(H,27,30). The first kappa shape index (κ1) is 23.6. The molecule has 4 rings (SSSR count). The lowest BCUT2D eigenvalue weighted by Gasteiger charge is -2.10. The second-order valence-corrected chi connectivity index (χ2v) is 10.2. The molecule has 0 saturated heterocycles. The first-order valence-corrected chi connectivity index (χ1v) is 12.2. The van der Waals surface area contributed by atoms with Crippen LogP contribution in [0.2, 0.25) is 5.02 Å². The minimum Gasteiger partial charge on any atom is -0.467 e. The van der Waals surface area contributed by atoms with Crippen LogP contribution < -0.4 is 10.6 Å². The number of hydrogen-bond donors (Lipinski definition) is 3. The van der Waals surface area contributed by atoms with Crippen LogP contribution in [0.25, 0.3) is 10.9 Å². The number of aromatic nitrogens is 1. The first-order chi connectivity index (χ1) is 16.1. The van der Waals surface area contributed by atoms with E-state index in [1.165, 1.54) is 12.3 Å². The van der Waals surface area contributed by atoms with Gasteiger partial charge >= 0.3 is 0 Å². The number of amides is 2. The average Bonchev–Trinajstić information content (AvgIpc) is 3.43. The van der Waals surface area contributed by atoms with Gasteiger partial charge in [0.2, 0.25) is 15.7 Å². The van der Waals surface area contributed by atoms with Gasteiger partial charge in [-0.3, -0.25) is 9.59 Å². The van der Waals surface area contributed by atoms with Gasteiger partial charge < -0.3 is 20.0 Å². The van der Waals surface area contributed by atoms with Gasteiger partial charge in [0.05, 0.1) is 24.2 Å². The number of aromatic amines is 1. The highest BCUT2D eigenvalue weighted by atomic mass is 35.5. The summed E-state index contributed by atoms with van der Waals surface area (Å²) in [5.41, 5.74) is 1.81. The van der Waals surface area contributed by atoms with Crippen molar-refractivity contribution >= 4 is 44.2 Å². The van der Waals surface area contributed by atoms with E-state index >= 15 is 0 Å². The average molecular weight is 500 g/mol. The van der Waals surface area contributed by atoms with Gasteiger partial charge in [-0.1, -0.05) is 17.7 Å². The molecule has 10 heteroatoms. The number of furan rings is 1. The second kappa shape index (κ2) is 9.36. The molecule has 176 valence electrons. The topological polar surface area (TPSA) is 121 Å². The minimum atomic E-state index is -4.10. The summed E-state index contributed by atoms with van der Waals surface area (Å²) in [4.78, 5) is 27.9. The molecule has 3 N–H and O–H groups in total. The van der Waals surface area contributed by atoms with Crippen molar-refractivity contribution in [1.29, 1.82) is 0 Å². The molecule has 2 aromatic carbocycles. The predicted molar refractivity (Wildman–Crippen MR) is 128 cm³/mol. The van der Waals surface area contributed by atoms with Gasteiger partial charge in [-0.25, -0.2) is 8.42 Å². The van der Waals surface area contributed by atoms with Crippen LogP contribution in [0.5, 0.6) is 0 Å². The third kappa shape index (κ3) is 4.85. The van der Waals surface area contributed by atoms with Crippen molar-refractivity contribution in [2.45, 2.75) is 30.2 Å². The van der Waals surface area contributed by atoms with Gasteiger partial charge in [-0.2, -0.15) is 0 Å². The molecule has 0 unspecified atom stereocenters. The summed E-state index contributed by atoms with van der Waals surface area (Å²) in [5.74, 6) is -0.625. The van der Waals surface area contributed by atoms with Crippen molar-refractivity contribution in [3.63, 3.8) is 0 Å².